The van der Waals surface area contributed by atoms with E-state index in [0.717, 1.165) is 12.2 Å². The van der Waals surface area contributed by atoms with E-state index in [-0.39, 0.29) is 12.4 Å². The van der Waals surface area contributed by atoms with Crippen molar-refractivity contribution in [2.24, 2.45) is 0 Å². The molecule has 1 aromatic carbocycles. The molecule has 1 aromatic rings. The summed E-state index contributed by atoms with van der Waals surface area (Å²) in [7, 11) is 0. The highest BCUT2D eigenvalue weighted by molar-refractivity contribution is 6.00. The molecule has 0 spiro atoms. The smallest absolute Gasteiger partial charge is 0.338 e. The van der Waals surface area contributed by atoms with Gasteiger partial charge in [-0.25, -0.2) is 4.79 Å². The normalized spacial score (nSPS) is 11.6. The lowest BCUT2D eigenvalue weighted by Gasteiger charge is -2.08. The molecule has 0 aromatic heterocycles. The monoisotopic (exact) mass is 358 g/mol. The molecule has 0 heterocycles. The van der Waals surface area contributed by atoms with Crippen LogP contribution in [0, 0.1) is 0 Å². The third kappa shape index (κ3) is 8.15. The van der Waals surface area contributed by atoms with Crippen LogP contribution in [0.4, 0.5) is 0 Å². The summed E-state index contributed by atoms with van der Waals surface area (Å²) in [6.07, 6.45) is 11.1. The minimum atomic E-state index is -0.514. The van der Waals surface area contributed by atoms with Gasteiger partial charge in [-0.2, -0.15) is 0 Å². The van der Waals surface area contributed by atoms with Crippen LogP contribution in [0.25, 0.3) is 0 Å². The van der Waals surface area contributed by atoms with Crippen LogP contribution in [0.15, 0.2) is 48.1 Å². The van der Waals surface area contributed by atoms with Crippen molar-refractivity contribution in [1.82, 2.24) is 0 Å². The zero-order chi connectivity index (χ0) is 19.2. The predicted octanol–water partition coefficient (Wildman–Crippen LogP) is 5.28. The van der Waals surface area contributed by atoms with E-state index in [2.05, 4.69) is 6.92 Å². The third-order valence-corrected chi connectivity index (χ3v) is 3.92. The lowest BCUT2D eigenvalue weighted by Crippen LogP contribution is -2.15. The highest BCUT2D eigenvalue weighted by Crippen LogP contribution is 2.14. The molecule has 0 saturated heterocycles. The summed E-state index contributed by atoms with van der Waals surface area (Å²) < 4.78 is 10.8. The Bertz CT molecular complexity index is 612. The average Bonchev–Trinajstić information content (AvgIpc) is 2.67. The SMILES string of the molecule is CC=CC(=CC)C(=O)COC(=O)c1ccc(OCCCCCCC)cc1. The first-order valence-corrected chi connectivity index (χ1v) is 9.34. The maximum Gasteiger partial charge on any atom is 0.338 e. The second-order valence-corrected chi connectivity index (χ2v) is 6.03. The lowest BCUT2D eigenvalue weighted by molar-refractivity contribution is -0.118. The fourth-order valence-corrected chi connectivity index (χ4v) is 2.41. The molecule has 0 aliphatic heterocycles. The zero-order valence-electron chi connectivity index (χ0n) is 16.1. The van der Waals surface area contributed by atoms with Crippen LogP contribution in [0.2, 0.25) is 0 Å². The summed E-state index contributed by atoms with van der Waals surface area (Å²) in [4.78, 5) is 24.0. The molecule has 1 rings (SSSR count). The summed E-state index contributed by atoms with van der Waals surface area (Å²) in [6.45, 7) is 6.22. The van der Waals surface area contributed by atoms with Gasteiger partial charge in [0.2, 0.25) is 0 Å². The molecule has 0 fully saturated rings. The van der Waals surface area contributed by atoms with Gasteiger partial charge < -0.3 is 9.47 Å². The minimum Gasteiger partial charge on any atom is -0.494 e. The van der Waals surface area contributed by atoms with Crippen molar-refractivity contribution in [3.05, 3.63) is 53.6 Å². The molecular weight excluding hydrogens is 328 g/mol. The van der Waals surface area contributed by atoms with E-state index in [1.807, 2.05) is 6.92 Å². The minimum absolute atomic E-state index is 0.220. The number of hydrogen-bond donors (Lipinski definition) is 0. The number of carbonyl (C=O) groups excluding carboxylic acids is 2. The Labute approximate surface area is 156 Å². The molecule has 0 unspecified atom stereocenters. The van der Waals surface area contributed by atoms with Crippen LogP contribution < -0.4 is 4.74 Å². The Morgan fingerprint density at radius 2 is 1.69 bits per heavy atom. The van der Waals surface area contributed by atoms with E-state index in [1.165, 1.54) is 25.7 Å². The van der Waals surface area contributed by atoms with E-state index in [0.29, 0.717) is 17.7 Å². The van der Waals surface area contributed by atoms with E-state index in [4.69, 9.17) is 9.47 Å². The van der Waals surface area contributed by atoms with E-state index in [9.17, 15) is 9.59 Å². The Morgan fingerprint density at radius 1 is 1.00 bits per heavy atom. The van der Waals surface area contributed by atoms with Gasteiger partial charge in [0.25, 0.3) is 0 Å². The largest absolute Gasteiger partial charge is 0.494 e. The lowest BCUT2D eigenvalue weighted by atomic mass is 10.1. The van der Waals surface area contributed by atoms with Gasteiger partial charge in [0.1, 0.15) is 5.75 Å². The topological polar surface area (TPSA) is 52.6 Å². The van der Waals surface area contributed by atoms with Crippen LogP contribution in [0.5, 0.6) is 5.75 Å². The van der Waals surface area contributed by atoms with Crippen molar-refractivity contribution in [3.63, 3.8) is 0 Å². The summed E-state index contributed by atoms with van der Waals surface area (Å²) in [5.74, 6) is -0.000207. The molecule has 0 aliphatic carbocycles. The van der Waals surface area contributed by atoms with E-state index < -0.39 is 5.97 Å². The summed E-state index contributed by atoms with van der Waals surface area (Å²) in [5.41, 5.74) is 0.934. The number of benzene rings is 1. The number of unbranched alkanes of at least 4 members (excludes halogenated alkanes) is 4. The predicted molar refractivity (Wildman–Crippen MR) is 105 cm³/mol. The molecule has 4 nitrogen and oxygen atoms in total. The van der Waals surface area contributed by atoms with Crippen molar-refractivity contribution in [1.29, 1.82) is 0 Å². The fourth-order valence-electron chi connectivity index (χ4n) is 2.41. The van der Waals surface area contributed by atoms with Crippen LogP contribution in [-0.2, 0) is 9.53 Å². The first-order chi connectivity index (χ1) is 12.6. The molecule has 0 saturated carbocycles. The van der Waals surface area contributed by atoms with Gasteiger partial charge in [0.15, 0.2) is 12.4 Å². The van der Waals surface area contributed by atoms with Crippen molar-refractivity contribution in [3.8, 4) is 5.75 Å². The van der Waals surface area contributed by atoms with E-state index in [1.54, 1.807) is 49.4 Å². The Balaban J connectivity index is 2.40. The molecule has 142 valence electrons. The van der Waals surface area contributed by atoms with Gasteiger partial charge in [-0.3, -0.25) is 4.79 Å². The number of ketones is 1. The maximum atomic E-state index is 12.0. The summed E-state index contributed by atoms with van der Waals surface area (Å²) in [5, 5.41) is 0. The first-order valence-electron chi connectivity index (χ1n) is 9.34. The third-order valence-electron chi connectivity index (χ3n) is 3.92. The Morgan fingerprint density at radius 3 is 2.31 bits per heavy atom. The zero-order valence-corrected chi connectivity index (χ0v) is 16.1. The van der Waals surface area contributed by atoms with Crippen LogP contribution >= 0.6 is 0 Å². The molecule has 0 radical (unpaired) electrons. The van der Waals surface area contributed by atoms with Gasteiger partial charge in [0.05, 0.1) is 12.2 Å². The fraction of sp³-hybridized carbons (Fsp3) is 0.455. The van der Waals surface area contributed by atoms with Crippen molar-refractivity contribution in [2.45, 2.75) is 52.9 Å². The number of Topliss-reactive ketones (excluding diaryl/α,β-unsaturated/α-hetero) is 1. The second-order valence-electron chi connectivity index (χ2n) is 6.03. The number of ether oxygens (including phenoxy) is 2. The standard InChI is InChI=1S/C22H30O4/c1-4-7-8-9-10-16-25-20-14-12-19(13-15-20)22(24)26-17-21(23)18(6-3)11-5-2/h5-6,11-15H,4,7-10,16-17H2,1-3H3. The van der Waals surface area contributed by atoms with Crippen molar-refractivity contribution < 1.29 is 19.1 Å². The van der Waals surface area contributed by atoms with Crippen molar-refractivity contribution >= 4 is 11.8 Å². The first kappa shape index (κ1) is 21.7. The van der Waals surface area contributed by atoms with Gasteiger partial charge in [-0.15, -0.1) is 0 Å². The Hall–Kier alpha value is -2.36. The molecule has 4 heteroatoms. The molecule has 0 N–H and O–H groups in total. The van der Waals surface area contributed by atoms with Crippen LogP contribution in [0.3, 0.4) is 0 Å². The highest BCUT2D eigenvalue weighted by atomic mass is 16.5. The number of rotatable bonds is 12. The molecule has 0 atom stereocenters. The molecule has 0 bridgehead atoms. The molecular formula is C22H30O4. The maximum absolute atomic E-state index is 12.0. The molecule has 0 amide bonds. The highest BCUT2D eigenvalue weighted by Gasteiger charge is 2.12. The number of esters is 1. The number of hydrogen-bond acceptors (Lipinski definition) is 4. The average molecular weight is 358 g/mol. The van der Waals surface area contributed by atoms with E-state index >= 15 is 0 Å². The quantitative estimate of drug-likeness (QED) is 0.221. The summed E-state index contributed by atoms with van der Waals surface area (Å²) in [6, 6.07) is 6.81. The number of carbonyl (C=O) groups is 2. The molecule has 0 aliphatic rings. The summed E-state index contributed by atoms with van der Waals surface area (Å²) >= 11 is 0. The van der Waals surface area contributed by atoms with Gasteiger partial charge in [-0.1, -0.05) is 50.8 Å². The van der Waals surface area contributed by atoms with Gasteiger partial charge >= 0.3 is 5.97 Å². The second kappa shape index (κ2) is 12.9. The van der Waals surface area contributed by atoms with Crippen LogP contribution in [0.1, 0.15) is 63.2 Å². The van der Waals surface area contributed by atoms with Crippen molar-refractivity contribution in [2.75, 3.05) is 13.2 Å². The van der Waals surface area contributed by atoms with Crippen LogP contribution in [-0.4, -0.2) is 25.0 Å². The van der Waals surface area contributed by atoms with Gasteiger partial charge in [0, 0.05) is 5.57 Å². The molecule has 26 heavy (non-hydrogen) atoms. The van der Waals surface area contributed by atoms with Gasteiger partial charge in [-0.05, 0) is 44.5 Å². The number of allylic oxidation sites excluding steroid dienone is 3. The Kier molecular flexibility index (Phi) is 10.8.